The summed E-state index contributed by atoms with van der Waals surface area (Å²) in [6.45, 7) is 5.03. The standard InChI is InChI=1S/C18H29NO2/c1-4-13(5-2)18(20)12-19-16-10-15(11-16)14-6-8-17(21-3)9-7-14/h6-9,13,15-16,18-20H,4-5,10-12H2,1-3H3. The summed E-state index contributed by atoms with van der Waals surface area (Å²) in [6, 6.07) is 8.96. The average Bonchev–Trinajstić information content (AvgIpc) is 2.47. The van der Waals surface area contributed by atoms with Gasteiger partial charge in [-0.2, -0.15) is 0 Å². The Morgan fingerprint density at radius 2 is 1.81 bits per heavy atom. The average molecular weight is 291 g/mol. The zero-order valence-electron chi connectivity index (χ0n) is 13.5. The van der Waals surface area contributed by atoms with Crippen molar-refractivity contribution in [2.45, 2.75) is 57.6 Å². The Hall–Kier alpha value is -1.06. The topological polar surface area (TPSA) is 41.5 Å². The van der Waals surface area contributed by atoms with Crippen LogP contribution in [0.4, 0.5) is 0 Å². The number of nitrogens with one attached hydrogen (secondary N) is 1. The van der Waals surface area contributed by atoms with Gasteiger partial charge >= 0.3 is 0 Å². The van der Waals surface area contributed by atoms with Crippen LogP contribution in [0, 0.1) is 5.92 Å². The third-order valence-corrected chi connectivity index (χ3v) is 4.93. The van der Waals surface area contributed by atoms with Gasteiger partial charge in [0.15, 0.2) is 0 Å². The molecule has 0 saturated heterocycles. The minimum atomic E-state index is -0.208. The molecule has 1 aliphatic carbocycles. The van der Waals surface area contributed by atoms with Gasteiger partial charge in [-0.3, -0.25) is 0 Å². The first kappa shape index (κ1) is 16.3. The van der Waals surface area contributed by atoms with E-state index in [2.05, 4.69) is 31.3 Å². The van der Waals surface area contributed by atoms with Gasteiger partial charge in [0.1, 0.15) is 5.75 Å². The summed E-state index contributed by atoms with van der Waals surface area (Å²) in [5.74, 6) is 2.00. The molecule has 0 amide bonds. The van der Waals surface area contributed by atoms with Crippen LogP contribution in [0.25, 0.3) is 0 Å². The summed E-state index contributed by atoms with van der Waals surface area (Å²) in [6.07, 6.45) is 4.24. The molecule has 118 valence electrons. The molecule has 1 atom stereocenters. The lowest BCUT2D eigenvalue weighted by Gasteiger charge is -2.37. The summed E-state index contributed by atoms with van der Waals surface area (Å²) in [4.78, 5) is 0. The first-order valence-electron chi connectivity index (χ1n) is 8.23. The molecule has 1 saturated carbocycles. The predicted molar refractivity (Wildman–Crippen MR) is 86.8 cm³/mol. The Kier molecular flexibility index (Phi) is 6.07. The Morgan fingerprint density at radius 1 is 1.19 bits per heavy atom. The second-order valence-electron chi connectivity index (χ2n) is 6.19. The number of methoxy groups -OCH3 is 1. The van der Waals surface area contributed by atoms with Gasteiger partial charge in [0.05, 0.1) is 13.2 Å². The quantitative estimate of drug-likeness (QED) is 0.772. The van der Waals surface area contributed by atoms with Crippen LogP contribution in [0.3, 0.4) is 0 Å². The predicted octanol–water partition coefficient (Wildman–Crippen LogP) is 3.33. The van der Waals surface area contributed by atoms with E-state index in [0.717, 1.165) is 25.1 Å². The molecule has 0 aliphatic heterocycles. The van der Waals surface area contributed by atoms with Crippen LogP contribution in [-0.4, -0.2) is 30.9 Å². The van der Waals surface area contributed by atoms with Gasteiger partial charge in [0.25, 0.3) is 0 Å². The van der Waals surface area contributed by atoms with Crippen LogP contribution in [0.2, 0.25) is 0 Å². The summed E-state index contributed by atoms with van der Waals surface area (Å²) in [5, 5.41) is 13.7. The van der Waals surface area contributed by atoms with Gasteiger partial charge in [-0.25, -0.2) is 0 Å². The van der Waals surface area contributed by atoms with Gasteiger partial charge in [0, 0.05) is 12.6 Å². The molecule has 3 nitrogen and oxygen atoms in total. The van der Waals surface area contributed by atoms with E-state index in [-0.39, 0.29) is 6.10 Å². The summed E-state index contributed by atoms with van der Waals surface area (Å²) in [5.41, 5.74) is 1.40. The van der Waals surface area contributed by atoms with Gasteiger partial charge in [-0.05, 0) is 42.4 Å². The third-order valence-electron chi connectivity index (χ3n) is 4.93. The van der Waals surface area contributed by atoms with Gasteiger partial charge in [-0.15, -0.1) is 0 Å². The van der Waals surface area contributed by atoms with E-state index in [0.29, 0.717) is 17.9 Å². The molecule has 1 aliphatic rings. The van der Waals surface area contributed by atoms with E-state index < -0.39 is 0 Å². The fourth-order valence-electron chi connectivity index (χ4n) is 3.22. The van der Waals surface area contributed by atoms with Gasteiger partial charge < -0.3 is 15.2 Å². The first-order chi connectivity index (χ1) is 10.2. The molecule has 1 aromatic rings. The summed E-state index contributed by atoms with van der Waals surface area (Å²) < 4.78 is 5.19. The lowest BCUT2D eigenvalue weighted by molar-refractivity contribution is 0.0925. The molecule has 0 bridgehead atoms. The third kappa shape index (κ3) is 4.21. The molecule has 1 aromatic carbocycles. The van der Waals surface area contributed by atoms with E-state index in [9.17, 15) is 5.11 Å². The summed E-state index contributed by atoms with van der Waals surface area (Å²) in [7, 11) is 1.70. The van der Waals surface area contributed by atoms with Crippen LogP contribution < -0.4 is 10.1 Å². The fraction of sp³-hybridized carbons (Fsp3) is 0.667. The highest BCUT2D eigenvalue weighted by molar-refractivity contribution is 5.30. The summed E-state index contributed by atoms with van der Waals surface area (Å²) >= 11 is 0. The van der Waals surface area contributed by atoms with Crippen molar-refractivity contribution in [3.05, 3.63) is 29.8 Å². The van der Waals surface area contributed by atoms with Crippen LogP contribution >= 0.6 is 0 Å². The number of hydrogen-bond donors (Lipinski definition) is 2. The Labute approximate surface area is 128 Å². The highest BCUT2D eigenvalue weighted by atomic mass is 16.5. The number of hydrogen-bond acceptors (Lipinski definition) is 3. The van der Waals surface area contributed by atoms with Crippen molar-refractivity contribution in [3.63, 3.8) is 0 Å². The molecule has 0 radical (unpaired) electrons. The van der Waals surface area contributed by atoms with Gasteiger partial charge in [0.2, 0.25) is 0 Å². The van der Waals surface area contributed by atoms with E-state index in [1.54, 1.807) is 7.11 Å². The highest BCUT2D eigenvalue weighted by Crippen LogP contribution is 2.37. The van der Waals surface area contributed by atoms with Crippen molar-refractivity contribution in [1.29, 1.82) is 0 Å². The molecule has 1 unspecified atom stereocenters. The first-order valence-corrected chi connectivity index (χ1v) is 8.23. The SMILES string of the molecule is CCC(CC)C(O)CNC1CC(c2ccc(OC)cc2)C1. The van der Waals surface area contributed by atoms with E-state index in [4.69, 9.17) is 4.74 Å². The number of ether oxygens (including phenoxy) is 1. The van der Waals surface area contributed by atoms with Crippen molar-refractivity contribution in [1.82, 2.24) is 5.32 Å². The maximum absolute atomic E-state index is 10.1. The second-order valence-corrected chi connectivity index (χ2v) is 6.19. The van der Waals surface area contributed by atoms with Crippen molar-refractivity contribution in [2.24, 2.45) is 5.92 Å². The minimum Gasteiger partial charge on any atom is -0.497 e. The lowest BCUT2D eigenvalue weighted by atomic mass is 9.75. The molecular weight excluding hydrogens is 262 g/mol. The second kappa shape index (κ2) is 7.81. The Bertz CT molecular complexity index is 408. The monoisotopic (exact) mass is 291 g/mol. The van der Waals surface area contributed by atoms with Gasteiger partial charge in [-0.1, -0.05) is 38.8 Å². The van der Waals surface area contributed by atoms with E-state index in [1.807, 2.05) is 12.1 Å². The minimum absolute atomic E-state index is 0.208. The van der Waals surface area contributed by atoms with Crippen LogP contribution in [0.5, 0.6) is 5.75 Å². The number of rotatable bonds is 8. The van der Waals surface area contributed by atoms with E-state index in [1.165, 1.54) is 18.4 Å². The Morgan fingerprint density at radius 3 is 2.33 bits per heavy atom. The van der Waals surface area contributed by atoms with Crippen molar-refractivity contribution < 1.29 is 9.84 Å². The number of aliphatic hydroxyl groups is 1. The molecule has 0 spiro atoms. The van der Waals surface area contributed by atoms with Crippen molar-refractivity contribution in [2.75, 3.05) is 13.7 Å². The largest absolute Gasteiger partial charge is 0.497 e. The van der Waals surface area contributed by atoms with Crippen LogP contribution in [-0.2, 0) is 0 Å². The number of aliphatic hydroxyl groups excluding tert-OH is 1. The maximum Gasteiger partial charge on any atom is 0.118 e. The van der Waals surface area contributed by atoms with Crippen molar-refractivity contribution >= 4 is 0 Å². The molecule has 2 rings (SSSR count). The molecular formula is C18H29NO2. The number of benzene rings is 1. The van der Waals surface area contributed by atoms with Crippen LogP contribution in [0.1, 0.15) is 51.0 Å². The lowest BCUT2D eigenvalue weighted by Crippen LogP contribution is -2.44. The zero-order chi connectivity index (χ0) is 15.2. The van der Waals surface area contributed by atoms with E-state index >= 15 is 0 Å². The Balaban J connectivity index is 1.71. The zero-order valence-corrected chi connectivity index (χ0v) is 13.5. The molecule has 0 heterocycles. The molecule has 3 heteroatoms. The smallest absolute Gasteiger partial charge is 0.118 e. The molecule has 2 N–H and O–H groups in total. The molecule has 21 heavy (non-hydrogen) atoms. The van der Waals surface area contributed by atoms with Crippen LogP contribution in [0.15, 0.2) is 24.3 Å². The fourth-order valence-corrected chi connectivity index (χ4v) is 3.22. The maximum atomic E-state index is 10.1. The highest BCUT2D eigenvalue weighted by Gasteiger charge is 2.30. The molecule has 1 fully saturated rings. The normalized spacial score (nSPS) is 22.9. The molecule has 0 aromatic heterocycles. The van der Waals surface area contributed by atoms with Crippen molar-refractivity contribution in [3.8, 4) is 5.75 Å².